The van der Waals surface area contributed by atoms with E-state index in [0.29, 0.717) is 0 Å². The van der Waals surface area contributed by atoms with Crippen molar-refractivity contribution in [3.63, 3.8) is 0 Å². The summed E-state index contributed by atoms with van der Waals surface area (Å²) < 4.78 is 6.15. The van der Waals surface area contributed by atoms with E-state index >= 15 is 0 Å². The highest BCUT2D eigenvalue weighted by atomic mass is 32.1. The van der Waals surface area contributed by atoms with Crippen molar-refractivity contribution in [2.45, 2.75) is 33.2 Å². The van der Waals surface area contributed by atoms with Gasteiger partial charge in [0.15, 0.2) is 0 Å². The van der Waals surface area contributed by atoms with Crippen molar-refractivity contribution in [3.05, 3.63) is 57.5 Å². The van der Waals surface area contributed by atoms with E-state index in [1.54, 1.807) is 0 Å². The maximum absolute atomic E-state index is 6.15. The minimum Gasteiger partial charge on any atom is -0.459 e. The second-order valence-electron chi connectivity index (χ2n) is 5.29. The van der Waals surface area contributed by atoms with Crippen LogP contribution in [0.4, 0.5) is 0 Å². The van der Waals surface area contributed by atoms with Gasteiger partial charge in [0, 0.05) is 15.1 Å². The van der Waals surface area contributed by atoms with Crippen LogP contribution in [0.5, 0.6) is 0 Å². The molecule has 3 heteroatoms. The summed E-state index contributed by atoms with van der Waals surface area (Å²) in [4.78, 5) is 2.74. The molecule has 2 aromatic heterocycles. The Balaban J connectivity index is 2.04. The van der Waals surface area contributed by atoms with Crippen LogP contribution >= 0.6 is 11.3 Å². The van der Waals surface area contributed by atoms with Gasteiger partial charge in [-0.3, -0.25) is 0 Å². The second kappa shape index (κ2) is 6.04. The molecule has 1 N–H and O–H groups in total. The molecule has 0 fully saturated rings. The summed E-state index contributed by atoms with van der Waals surface area (Å²) in [6.45, 7) is 7.34. The average molecular weight is 299 g/mol. The number of benzene rings is 1. The van der Waals surface area contributed by atoms with E-state index in [1.807, 2.05) is 11.3 Å². The van der Waals surface area contributed by atoms with Crippen molar-refractivity contribution in [3.8, 4) is 0 Å². The van der Waals surface area contributed by atoms with Gasteiger partial charge in [-0.25, -0.2) is 0 Å². The van der Waals surface area contributed by atoms with Crippen LogP contribution in [-0.2, 0) is 6.42 Å². The topological polar surface area (TPSA) is 25.2 Å². The Morgan fingerprint density at radius 3 is 2.71 bits per heavy atom. The lowest BCUT2D eigenvalue weighted by Crippen LogP contribution is -2.20. The Morgan fingerprint density at radius 1 is 1.19 bits per heavy atom. The first kappa shape index (κ1) is 14.4. The molecule has 0 spiro atoms. The van der Waals surface area contributed by atoms with E-state index in [-0.39, 0.29) is 6.04 Å². The molecule has 0 aliphatic heterocycles. The standard InChI is InChI=1S/C18H21NOS/c1-4-14-9-10-16(21-14)17(19-5-2)15-11-13-8-6-7-12(3)18(13)20-15/h6-11,17,19H,4-5H2,1-3H3. The van der Waals surface area contributed by atoms with Gasteiger partial charge in [0.2, 0.25) is 0 Å². The fourth-order valence-corrected chi connectivity index (χ4v) is 3.69. The van der Waals surface area contributed by atoms with E-state index < -0.39 is 0 Å². The van der Waals surface area contributed by atoms with Crippen LogP contribution in [0, 0.1) is 6.92 Å². The van der Waals surface area contributed by atoms with Crippen LogP contribution < -0.4 is 5.32 Å². The van der Waals surface area contributed by atoms with Crippen molar-refractivity contribution in [2.75, 3.05) is 6.54 Å². The van der Waals surface area contributed by atoms with Gasteiger partial charge in [0.25, 0.3) is 0 Å². The lowest BCUT2D eigenvalue weighted by atomic mass is 10.1. The first-order chi connectivity index (χ1) is 10.2. The predicted octanol–water partition coefficient (Wildman–Crippen LogP) is 5.06. The maximum Gasteiger partial charge on any atom is 0.137 e. The molecule has 21 heavy (non-hydrogen) atoms. The number of nitrogens with one attached hydrogen (secondary N) is 1. The van der Waals surface area contributed by atoms with Gasteiger partial charge in [-0.2, -0.15) is 0 Å². The molecule has 2 heterocycles. The monoisotopic (exact) mass is 299 g/mol. The van der Waals surface area contributed by atoms with Gasteiger partial charge in [-0.05, 0) is 43.7 Å². The Hall–Kier alpha value is -1.58. The third-order valence-corrected chi connectivity index (χ3v) is 5.06. The Bertz CT molecular complexity index is 741. The first-order valence-corrected chi connectivity index (χ1v) is 8.35. The van der Waals surface area contributed by atoms with Crippen molar-refractivity contribution in [2.24, 2.45) is 0 Å². The molecular formula is C18H21NOS. The van der Waals surface area contributed by atoms with Crippen molar-refractivity contribution < 1.29 is 4.42 Å². The maximum atomic E-state index is 6.15. The first-order valence-electron chi connectivity index (χ1n) is 7.54. The molecule has 3 aromatic rings. The molecule has 0 saturated heterocycles. The average Bonchev–Trinajstić information content (AvgIpc) is 3.12. The number of hydrogen-bond acceptors (Lipinski definition) is 3. The van der Waals surface area contributed by atoms with E-state index in [1.165, 1.54) is 20.7 Å². The molecule has 1 atom stereocenters. The van der Waals surface area contributed by atoms with E-state index in [0.717, 1.165) is 24.3 Å². The number of para-hydroxylation sites is 1. The fraction of sp³-hybridized carbons (Fsp3) is 0.333. The lowest BCUT2D eigenvalue weighted by molar-refractivity contribution is 0.480. The number of thiophene rings is 1. The lowest BCUT2D eigenvalue weighted by Gasteiger charge is -2.13. The van der Waals surface area contributed by atoms with Gasteiger partial charge < -0.3 is 9.73 Å². The largest absolute Gasteiger partial charge is 0.459 e. The van der Waals surface area contributed by atoms with Gasteiger partial charge in [0.05, 0.1) is 0 Å². The third kappa shape index (κ3) is 2.76. The number of fused-ring (bicyclic) bond motifs is 1. The van der Waals surface area contributed by atoms with Crippen LogP contribution in [0.2, 0.25) is 0 Å². The molecule has 0 aliphatic carbocycles. The third-order valence-electron chi connectivity index (χ3n) is 3.77. The molecule has 110 valence electrons. The summed E-state index contributed by atoms with van der Waals surface area (Å²) in [5.74, 6) is 1.01. The SMILES string of the molecule is CCNC(c1cc2cccc(C)c2o1)c1ccc(CC)s1. The number of hydrogen-bond donors (Lipinski definition) is 1. The molecular weight excluding hydrogens is 278 g/mol. The van der Waals surface area contributed by atoms with E-state index in [4.69, 9.17) is 4.42 Å². The van der Waals surface area contributed by atoms with Crippen molar-refractivity contribution in [1.82, 2.24) is 5.32 Å². The van der Waals surface area contributed by atoms with Crippen LogP contribution in [-0.4, -0.2) is 6.54 Å². The Morgan fingerprint density at radius 2 is 2.05 bits per heavy atom. The minimum atomic E-state index is 0.145. The molecule has 0 saturated carbocycles. The summed E-state index contributed by atoms with van der Waals surface area (Å²) in [5, 5.41) is 4.73. The molecule has 0 amide bonds. The summed E-state index contributed by atoms with van der Waals surface area (Å²) >= 11 is 1.87. The normalized spacial score (nSPS) is 12.9. The van der Waals surface area contributed by atoms with Gasteiger partial charge in [-0.1, -0.05) is 32.0 Å². The smallest absolute Gasteiger partial charge is 0.137 e. The molecule has 2 nitrogen and oxygen atoms in total. The van der Waals surface area contributed by atoms with E-state index in [9.17, 15) is 0 Å². The van der Waals surface area contributed by atoms with Gasteiger partial charge in [-0.15, -0.1) is 11.3 Å². The Kier molecular flexibility index (Phi) is 4.13. The predicted molar refractivity (Wildman–Crippen MR) is 90.2 cm³/mol. The zero-order valence-corrected chi connectivity index (χ0v) is 13.6. The summed E-state index contributed by atoms with van der Waals surface area (Å²) in [5.41, 5.74) is 2.19. The highest BCUT2D eigenvalue weighted by Gasteiger charge is 2.19. The van der Waals surface area contributed by atoms with Gasteiger partial charge >= 0.3 is 0 Å². The summed E-state index contributed by atoms with van der Waals surface area (Å²) in [7, 11) is 0. The zero-order valence-electron chi connectivity index (χ0n) is 12.8. The van der Waals surface area contributed by atoms with Crippen LogP contribution in [0.3, 0.4) is 0 Å². The van der Waals surface area contributed by atoms with Crippen molar-refractivity contribution >= 4 is 22.3 Å². The van der Waals surface area contributed by atoms with Crippen LogP contribution in [0.25, 0.3) is 11.0 Å². The number of furan rings is 1. The second-order valence-corrected chi connectivity index (χ2v) is 6.49. The molecule has 1 unspecified atom stereocenters. The van der Waals surface area contributed by atoms with Crippen LogP contribution in [0.15, 0.2) is 40.8 Å². The van der Waals surface area contributed by atoms with Crippen LogP contribution in [0.1, 0.15) is 41.0 Å². The quantitative estimate of drug-likeness (QED) is 0.712. The van der Waals surface area contributed by atoms with Crippen molar-refractivity contribution in [1.29, 1.82) is 0 Å². The van der Waals surface area contributed by atoms with E-state index in [2.05, 4.69) is 62.5 Å². The molecule has 1 aromatic carbocycles. The number of rotatable bonds is 5. The Labute approximate surface area is 129 Å². The highest BCUT2D eigenvalue weighted by Crippen LogP contribution is 2.33. The number of aryl methyl sites for hydroxylation is 2. The minimum absolute atomic E-state index is 0.145. The molecule has 0 radical (unpaired) electrons. The molecule has 0 bridgehead atoms. The van der Waals surface area contributed by atoms with Gasteiger partial charge in [0.1, 0.15) is 17.4 Å². The molecule has 3 rings (SSSR count). The summed E-state index contributed by atoms with van der Waals surface area (Å²) in [6, 6.07) is 13.0. The molecule has 0 aliphatic rings. The summed E-state index contributed by atoms with van der Waals surface area (Å²) in [6.07, 6.45) is 1.09. The highest BCUT2D eigenvalue weighted by molar-refractivity contribution is 7.12. The zero-order chi connectivity index (χ0) is 14.8. The fourth-order valence-electron chi connectivity index (χ4n) is 2.66.